The number of carbonyl (C=O) groups is 1. The number of carbonyl (C=O) groups excluding carboxylic acids is 1. The van der Waals surface area contributed by atoms with Gasteiger partial charge in [0.25, 0.3) is 0 Å². The Morgan fingerprint density at radius 1 is 1.14 bits per heavy atom. The molecule has 1 N–H and O–H groups in total. The maximum absolute atomic E-state index is 12.8. The van der Waals surface area contributed by atoms with E-state index in [1.807, 2.05) is 41.0 Å². The maximum Gasteiger partial charge on any atom is 0.246 e. The molecule has 0 unspecified atom stereocenters. The van der Waals surface area contributed by atoms with Crippen LogP contribution in [0.2, 0.25) is 0 Å². The second-order valence-corrected chi connectivity index (χ2v) is 8.04. The minimum atomic E-state index is -0.126. The number of hydrogen-bond acceptors (Lipinski definition) is 5. The van der Waals surface area contributed by atoms with Crippen molar-refractivity contribution in [3.8, 4) is 11.3 Å². The molecule has 6 nitrogen and oxygen atoms in total. The smallest absolute Gasteiger partial charge is 0.246 e. The highest BCUT2D eigenvalue weighted by atomic mass is 32.1. The topological polar surface area (TPSA) is 69.0 Å². The summed E-state index contributed by atoms with van der Waals surface area (Å²) in [5.74, 6) is -0.126. The zero-order valence-electron chi connectivity index (χ0n) is 15.7. The lowest BCUT2D eigenvalue weighted by Gasteiger charge is -2.10. The van der Waals surface area contributed by atoms with Crippen LogP contribution in [0, 0.1) is 0 Å². The lowest BCUT2D eigenvalue weighted by molar-refractivity contribution is -0.116. The lowest BCUT2D eigenvalue weighted by Crippen LogP contribution is -2.19. The van der Waals surface area contributed by atoms with Crippen LogP contribution in [0.4, 0.5) is 5.13 Å². The highest BCUT2D eigenvalue weighted by Gasteiger charge is 2.22. The molecular formula is C22H20N4O2S. The van der Waals surface area contributed by atoms with Gasteiger partial charge in [0.05, 0.1) is 0 Å². The number of rotatable bonds is 5. The van der Waals surface area contributed by atoms with E-state index in [9.17, 15) is 4.79 Å². The van der Waals surface area contributed by atoms with Gasteiger partial charge in [-0.25, -0.2) is 0 Å². The van der Waals surface area contributed by atoms with Crippen LogP contribution in [0.5, 0.6) is 0 Å². The summed E-state index contributed by atoms with van der Waals surface area (Å²) in [5, 5.41) is 13.7. The van der Waals surface area contributed by atoms with E-state index in [4.69, 9.17) is 4.74 Å². The second kappa shape index (κ2) is 7.77. The van der Waals surface area contributed by atoms with Crippen molar-refractivity contribution in [1.82, 2.24) is 14.8 Å². The minimum absolute atomic E-state index is 0.0104. The molecule has 3 heterocycles. The molecule has 4 aromatic rings. The van der Waals surface area contributed by atoms with Crippen LogP contribution in [0.15, 0.2) is 60.7 Å². The number of nitrogens with zero attached hydrogens (tertiary/aromatic N) is 3. The number of nitrogens with one attached hydrogen (secondary N) is 1. The fourth-order valence-corrected chi connectivity index (χ4v) is 4.56. The Balaban J connectivity index is 1.40. The van der Waals surface area contributed by atoms with Crippen molar-refractivity contribution >= 4 is 33.3 Å². The van der Waals surface area contributed by atoms with Gasteiger partial charge in [-0.2, -0.15) is 0 Å². The SMILES string of the molecule is O=C(Cn1c(-c2ccccc2)cc2ccccc21)Nc1nnc([C@@H]2CCCO2)s1. The zero-order valence-corrected chi connectivity index (χ0v) is 16.6. The predicted octanol–water partition coefficient (Wildman–Crippen LogP) is 4.65. The van der Waals surface area contributed by atoms with E-state index in [0.29, 0.717) is 5.13 Å². The molecule has 1 aliphatic rings. The van der Waals surface area contributed by atoms with Crippen molar-refractivity contribution < 1.29 is 9.53 Å². The van der Waals surface area contributed by atoms with E-state index in [-0.39, 0.29) is 18.6 Å². The fourth-order valence-electron chi connectivity index (χ4n) is 3.72. The minimum Gasteiger partial charge on any atom is -0.371 e. The third-order valence-corrected chi connectivity index (χ3v) is 6.00. The van der Waals surface area contributed by atoms with E-state index < -0.39 is 0 Å². The monoisotopic (exact) mass is 404 g/mol. The Hall–Kier alpha value is -3.03. The second-order valence-electron chi connectivity index (χ2n) is 7.04. The van der Waals surface area contributed by atoms with Crippen LogP contribution in [-0.4, -0.2) is 27.3 Å². The molecule has 0 spiro atoms. The molecule has 0 saturated carbocycles. The largest absolute Gasteiger partial charge is 0.371 e. The highest BCUT2D eigenvalue weighted by Crippen LogP contribution is 2.32. The number of para-hydroxylation sites is 1. The van der Waals surface area contributed by atoms with Gasteiger partial charge >= 0.3 is 0 Å². The molecule has 2 aromatic carbocycles. The van der Waals surface area contributed by atoms with Crippen LogP contribution < -0.4 is 5.32 Å². The van der Waals surface area contributed by atoms with Crippen molar-refractivity contribution in [3.05, 3.63) is 65.7 Å². The molecular weight excluding hydrogens is 384 g/mol. The molecule has 1 aliphatic heterocycles. The average Bonchev–Trinajstić information content (AvgIpc) is 3.49. The predicted molar refractivity (Wildman–Crippen MR) is 114 cm³/mol. The molecule has 1 saturated heterocycles. The van der Waals surface area contributed by atoms with Gasteiger partial charge in [0.15, 0.2) is 0 Å². The van der Waals surface area contributed by atoms with Gasteiger partial charge in [-0.15, -0.1) is 10.2 Å². The molecule has 1 amide bonds. The summed E-state index contributed by atoms with van der Waals surface area (Å²) >= 11 is 1.39. The van der Waals surface area contributed by atoms with Crippen molar-refractivity contribution in [2.45, 2.75) is 25.5 Å². The number of amides is 1. The van der Waals surface area contributed by atoms with Crippen LogP contribution in [0.3, 0.4) is 0 Å². The Bertz CT molecular complexity index is 1150. The summed E-state index contributed by atoms with van der Waals surface area (Å²) in [6.07, 6.45) is 2.00. The van der Waals surface area contributed by atoms with Crippen molar-refractivity contribution in [2.75, 3.05) is 11.9 Å². The van der Waals surface area contributed by atoms with Crippen molar-refractivity contribution in [2.24, 2.45) is 0 Å². The summed E-state index contributed by atoms with van der Waals surface area (Å²) in [7, 11) is 0. The van der Waals surface area contributed by atoms with Gasteiger partial charge in [0.2, 0.25) is 11.0 Å². The molecule has 7 heteroatoms. The Labute approximate surface area is 172 Å². The number of hydrogen-bond donors (Lipinski definition) is 1. The standard InChI is InChI=1S/C22H20N4O2S/c27-20(23-22-25-24-21(29-22)19-11-6-12-28-19)14-26-17-10-5-4-9-16(17)13-18(26)15-7-2-1-3-8-15/h1-5,7-10,13,19H,6,11-12,14H2,(H,23,25,27)/t19-/m0/s1. The molecule has 5 rings (SSSR count). The summed E-state index contributed by atoms with van der Waals surface area (Å²) in [4.78, 5) is 12.8. The van der Waals surface area contributed by atoms with Gasteiger partial charge in [-0.3, -0.25) is 10.1 Å². The first-order valence-electron chi connectivity index (χ1n) is 9.66. The molecule has 1 fully saturated rings. The first kappa shape index (κ1) is 18.0. The summed E-state index contributed by atoms with van der Waals surface area (Å²) < 4.78 is 7.69. The first-order chi connectivity index (χ1) is 14.3. The Morgan fingerprint density at radius 3 is 2.79 bits per heavy atom. The molecule has 29 heavy (non-hydrogen) atoms. The van der Waals surface area contributed by atoms with E-state index in [1.54, 1.807) is 0 Å². The molecule has 0 radical (unpaired) electrons. The third-order valence-electron chi connectivity index (χ3n) is 5.07. The van der Waals surface area contributed by atoms with E-state index >= 15 is 0 Å². The van der Waals surface area contributed by atoms with Gasteiger partial charge in [-0.1, -0.05) is 59.9 Å². The van der Waals surface area contributed by atoms with Crippen molar-refractivity contribution in [1.29, 1.82) is 0 Å². The highest BCUT2D eigenvalue weighted by molar-refractivity contribution is 7.15. The summed E-state index contributed by atoms with van der Waals surface area (Å²) in [6, 6.07) is 20.3. The average molecular weight is 404 g/mol. The zero-order chi connectivity index (χ0) is 19.6. The summed E-state index contributed by atoms with van der Waals surface area (Å²) in [5.41, 5.74) is 3.12. The quantitative estimate of drug-likeness (QED) is 0.526. The Morgan fingerprint density at radius 2 is 1.97 bits per heavy atom. The van der Waals surface area contributed by atoms with Gasteiger partial charge in [-0.05, 0) is 30.5 Å². The van der Waals surface area contributed by atoms with Crippen LogP contribution in [0.25, 0.3) is 22.2 Å². The number of ether oxygens (including phenoxy) is 1. The summed E-state index contributed by atoms with van der Waals surface area (Å²) in [6.45, 7) is 0.960. The van der Waals surface area contributed by atoms with Gasteiger partial charge in [0.1, 0.15) is 17.7 Å². The number of anilines is 1. The number of fused-ring (bicyclic) bond motifs is 1. The first-order valence-corrected chi connectivity index (χ1v) is 10.5. The van der Waals surface area contributed by atoms with Crippen LogP contribution in [0.1, 0.15) is 24.0 Å². The molecule has 0 bridgehead atoms. The van der Waals surface area contributed by atoms with Crippen LogP contribution >= 0.6 is 11.3 Å². The third kappa shape index (κ3) is 3.66. The van der Waals surface area contributed by atoms with Crippen LogP contribution in [-0.2, 0) is 16.1 Å². The number of aromatic nitrogens is 3. The Kier molecular flexibility index (Phi) is 4.83. The van der Waals surface area contributed by atoms with Gasteiger partial charge < -0.3 is 9.30 Å². The number of benzene rings is 2. The van der Waals surface area contributed by atoms with E-state index in [2.05, 4.69) is 39.8 Å². The van der Waals surface area contributed by atoms with Crippen molar-refractivity contribution in [3.63, 3.8) is 0 Å². The molecule has 146 valence electrons. The van der Waals surface area contributed by atoms with E-state index in [1.165, 1.54) is 11.3 Å². The molecule has 0 aliphatic carbocycles. The molecule has 2 aromatic heterocycles. The normalized spacial score (nSPS) is 16.3. The molecule has 1 atom stereocenters. The maximum atomic E-state index is 12.8. The van der Waals surface area contributed by atoms with Gasteiger partial charge in [0, 0.05) is 23.2 Å². The lowest BCUT2D eigenvalue weighted by atomic mass is 10.1. The fraction of sp³-hybridized carbons (Fsp3) is 0.227. The van der Waals surface area contributed by atoms with E-state index in [0.717, 1.165) is 46.6 Å².